The van der Waals surface area contributed by atoms with Gasteiger partial charge in [0.1, 0.15) is 11.7 Å². The van der Waals surface area contributed by atoms with Crippen molar-refractivity contribution in [2.24, 2.45) is 0 Å². The molecule has 0 amide bonds. The molecular formula is C7H8FNO2S. The molecule has 1 aromatic carbocycles. The molecule has 0 spiro atoms. The topological polar surface area (TPSA) is 49.3 Å². The van der Waals surface area contributed by atoms with Gasteiger partial charge in [-0.2, -0.15) is 0 Å². The standard InChI is InChI=1S/C7H8FNO2S/c8-6-1-3-7(4-2-6)9-5-12(10)11/h1-4,9H,5H2,(H,10,11). The monoisotopic (exact) mass is 189 g/mol. The highest BCUT2D eigenvalue weighted by molar-refractivity contribution is 7.79. The molecule has 2 N–H and O–H groups in total. The number of nitrogens with one attached hydrogen (secondary N) is 1. The first-order chi connectivity index (χ1) is 5.68. The van der Waals surface area contributed by atoms with Gasteiger partial charge in [0.25, 0.3) is 0 Å². The quantitative estimate of drug-likeness (QED) is 0.707. The molecule has 0 fully saturated rings. The molecule has 0 radical (unpaired) electrons. The molecule has 66 valence electrons. The number of anilines is 1. The second-order valence-electron chi connectivity index (χ2n) is 2.15. The third kappa shape index (κ3) is 2.98. The van der Waals surface area contributed by atoms with E-state index < -0.39 is 11.1 Å². The van der Waals surface area contributed by atoms with E-state index in [4.69, 9.17) is 4.55 Å². The maximum atomic E-state index is 12.3. The van der Waals surface area contributed by atoms with Crippen molar-refractivity contribution in [2.75, 3.05) is 11.2 Å². The van der Waals surface area contributed by atoms with Gasteiger partial charge in [-0.25, -0.2) is 8.60 Å². The Labute approximate surface area is 71.9 Å². The molecule has 5 heteroatoms. The minimum Gasteiger partial charge on any atom is -0.372 e. The maximum absolute atomic E-state index is 12.3. The van der Waals surface area contributed by atoms with E-state index in [9.17, 15) is 8.60 Å². The van der Waals surface area contributed by atoms with Gasteiger partial charge in [0.2, 0.25) is 0 Å². The van der Waals surface area contributed by atoms with Crippen LogP contribution in [0, 0.1) is 5.82 Å². The van der Waals surface area contributed by atoms with E-state index in [1.54, 1.807) is 0 Å². The molecule has 0 aliphatic carbocycles. The first-order valence-electron chi connectivity index (χ1n) is 3.25. The Morgan fingerprint density at radius 2 is 2.00 bits per heavy atom. The van der Waals surface area contributed by atoms with Crippen LogP contribution in [0.4, 0.5) is 10.1 Å². The zero-order valence-corrected chi connectivity index (χ0v) is 6.97. The van der Waals surface area contributed by atoms with Crippen molar-refractivity contribution in [1.29, 1.82) is 0 Å². The van der Waals surface area contributed by atoms with Crippen LogP contribution in [-0.2, 0) is 11.1 Å². The molecule has 1 atom stereocenters. The maximum Gasteiger partial charge on any atom is 0.172 e. The lowest BCUT2D eigenvalue weighted by atomic mass is 10.3. The molecule has 0 saturated carbocycles. The van der Waals surface area contributed by atoms with Crippen LogP contribution in [0.25, 0.3) is 0 Å². The fraction of sp³-hybridized carbons (Fsp3) is 0.143. The van der Waals surface area contributed by atoms with E-state index in [0.717, 1.165) is 0 Å². The van der Waals surface area contributed by atoms with Gasteiger partial charge in [0, 0.05) is 5.69 Å². The molecule has 0 heterocycles. The number of hydrogen-bond acceptors (Lipinski definition) is 2. The number of rotatable bonds is 3. The summed E-state index contributed by atoms with van der Waals surface area (Å²) in [6, 6.07) is 5.57. The number of halogens is 1. The summed E-state index contributed by atoms with van der Waals surface area (Å²) in [5.41, 5.74) is 0.624. The van der Waals surface area contributed by atoms with Gasteiger partial charge in [-0.05, 0) is 24.3 Å². The summed E-state index contributed by atoms with van der Waals surface area (Å²) in [4.78, 5) is 0. The second-order valence-corrected chi connectivity index (χ2v) is 3.08. The average Bonchev–Trinajstić information content (AvgIpc) is 2.03. The van der Waals surface area contributed by atoms with E-state index in [0.29, 0.717) is 5.69 Å². The van der Waals surface area contributed by atoms with Crippen LogP contribution in [0.3, 0.4) is 0 Å². The van der Waals surface area contributed by atoms with Crippen molar-refractivity contribution >= 4 is 16.8 Å². The van der Waals surface area contributed by atoms with E-state index in [1.165, 1.54) is 24.3 Å². The molecule has 12 heavy (non-hydrogen) atoms. The van der Waals surface area contributed by atoms with Crippen molar-refractivity contribution < 1.29 is 13.2 Å². The highest BCUT2D eigenvalue weighted by Crippen LogP contribution is 2.07. The summed E-state index contributed by atoms with van der Waals surface area (Å²) in [5, 5.41) is 2.65. The van der Waals surface area contributed by atoms with Gasteiger partial charge in [-0.15, -0.1) is 0 Å². The molecule has 1 rings (SSSR count). The number of benzene rings is 1. The normalized spacial score (nSPS) is 12.5. The largest absolute Gasteiger partial charge is 0.372 e. The molecule has 1 aromatic rings. The van der Waals surface area contributed by atoms with Crippen LogP contribution in [0.1, 0.15) is 0 Å². The Balaban J connectivity index is 2.53. The Bertz CT molecular complexity index is 275. The second kappa shape index (κ2) is 4.18. The zero-order chi connectivity index (χ0) is 8.97. The lowest BCUT2D eigenvalue weighted by Crippen LogP contribution is -2.06. The molecule has 3 nitrogen and oxygen atoms in total. The third-order valence-electron chi connectivity index (χ3n) is 1.24. The SMILES string of the molecule is O=S(O)CNc1ccc(F)cc1. The van der Waals surface area contributed by atoms with Gasteiger partial charge in [0.05, 0.1) is 0 Å². The summed E-state index contributed by atoms with van der Waals surface area (Å²) < 4.78 is 31.0. The van der Waals surface area contributed by atoms with Crippen molar-refractivity contribution in [3.8, 4) is 0 Å². The summed E-state index contributed by atoms with van der Waals surface area (Å²) in [6.45, 7) is 0. The van der Waals surface area contributed by atoms with Crippen LogP contribution < -0.4 is 5.32 Å². The molecule has 0 aromatic heterocycles. The summed E-state index contributed by atoms with van der Waals surface area (Å²) in [5.74, 6) is -0.378. The molecule has 0 aliphatic rings. The highest BCUT2D eigenvalue weighted by Gasteiger charge is 1.94. The summed E-state index contributed by atoms with van der Waals surface area (Å²) in [6.07, 6.45) is 0. The Kier molecular flexibility index (Phi) is 3.19. The van der Waals surface area contributed by atoms with Crippen LogP contribution in [0.2, 0.25) is 0 Å². The van der Waals surface area contributed by atoms with Crippen LogP contribution in [0.15, 0.2) is 24.3 Å². The van der Waals surface area contributed by atoms with E-state index >= 15 is 0 Å². The first kappa shape index (κ1) is 9.15. The summed E-state index contributed by atoms with van der Waals surface area (Å²) >= 11 is -1.88. The highest BCUT2D eigenvalue weighted by atomic mass is 32.2. The molecular weight excluding hydrogens is 181 g/mol. The van der Waals surface area contributed by atoms with Crippen molar-refractivity contribution in [3.05, 3.63) is 30.1 Å². The van der Waals surface area contributed by atoms with Gasteiger partial charge in [-0.3, -0.25) is 0 Å². The Hall–Kier alpha value is -0.940. The van der Waals surface area contributed by atoms with Crippen molar-refractivity contribution in [3.63, 3.8) is 0 Å². The predicted octanol–water partition coefficient (Wildman–Crippen LogP) is 1.42. The van der Waals surface area contributed by atoms with Crippen LogP contribution in [-0.4, -0.2) is 14.6 Å². The van der Waals surface area contributed by atoms with E-state index in [1.807, 2.05) is 0 Å². The Morgan fingerprint density at radius 3 is 2.50 bits per heavy atom. The smallest absolute Gasteiger partial charge is 0.172 e. The van der Waals surface area contributed by atoms with E-state index in [-0.39, 0.29) is 11.7 Å². The predicted molar refractivity (Wildman–Crippen MR) is 45.7 cm³/mol. The van der Waals surface area contributed by atoms with Crippen LogP contribution >= 0.6 is 0 Å². The van der Waals surface area contributed by atoms with E-state index in [2.05, 4.69) is 5.32 Å². The lowest BCUT2D eigenvalue weighted by molar-refractivity contribution is 0.566. The minimum atomic E-state index is -1.88. The van der Waals surface area contributed by atoms with Gasteiger partial charge in [-0.1, -0.05) is 0 Å². The molecule has 1 unspecified atom stereocenters. The van der Waals surface area contributed by atoms with Crippen molar-refractivity contribution in [2.45, 2.75) is 0 Å². The molecule has 0 bridgehead atoms. The van der Waals surface area contributed by atoms with Crippen LogP contribution in [0.5, 0.6) is 0 Å². The van der Waals surface area contributed by atoms with Gasteiger partial charge < -0.3 is 9.87 Å². The average molecular weight is 189 g/mol. The van der Waals surface area contributed by atoms with Crippen molar-refractivity contribution in [1.82, 2.24) is 0 Å². The fourth-order valence-corrected chi connectivity index (χ4v) is 1.00. The van der Waals surface area contributed by atoms with Gasteiger partial charge >= 0.3 is 0 Å². The third-order valence-corrected chi connectivity index (χ3v) is 1.64. The fourth-order valence-electron chi connectivity index (χ4n) is 0.713. The first-order valence-corrected chi connectivity index (χ1v) is 4.53. The summed E-state index contributed by atoms with van der Waals surface area (Å²) in [7, 11) is 0. The van der Waals surface area contributed by atoms with Gasteiger partial charge in [0.15, 0.2) is 11.1 Å². The Morgan fingerprint density at radius 1 is 1.42 bits per heavy atom. The molecule has 0 aliphatic heterocycles. The molecule has 0 saturated heterocycles. The number of hydrogen-bond donors (Lipinski definition) is 2. The zero-order valence-electron chi connectivity index (χ0n) is 6.16. The minimum absolute atomic E-state index is 0.0500. The lowest BCUT2D eigenvalue weighted by Gasteiger charge is -2.01.